The molecule has 2 aromatic carbocycles. The molecule has 0 radical (unpaired) electrons. The minimum atomic E-state index is -4.56. The fourth-order valence-corrected chi connectivity index (χ4v) is 10.8. The quantitative estimate of drug-likeness (QED) is 0.0198. The van der Waals surface area contributed by atoms with Gasteiger partial charge in [0.1, 0.15) is 33.5 Å². The fraction of sp³-hybridized carbons (Fsp3) is 0.771. The van der Waals surface area contributed by atoms with Crippen LogP contribution in [0.25, 0.3) is 0 Å². The summed E-state index contributed by atoms with van der Waals surface area (Å²) in [5.74, 6) is -2.99. The first kappa shape index (κ1) is 84.4. The number of carbonyl (C=O) groups excluding carboxylic acids is 4. The van der Waals surface area contributed by atoms with Crippen molar-refractivity contribution in [2.24, 2.45) is 0 Å². The van der Waals surface area contributed by atoms with E-state index in [-0.39, 0.29) is 73.2 Å². The maximum absolute atomic E-state index is 12.5. The van der Waals surface area contributed by atoms with Gasteiger partial charge in [0, 0.05) is 0 Å². The Bertz CT molecular complexity index is 2080. The Morgan fingerprint density at radius 3 is 0.644 bits per heavy atom. The van der Waals surface area contributed by atoms with Crippen molar-refractivity contribution in [3.63, 3.8) is 0 Å². The summed E-state index contributed by atoms with van der Waals surface area (Å²) in [5.41, 5.74) is 0.0852. The molecule has 0 saturated heterocycles. The van der Waals surface area contributed by atoms with Crippen molar-refractivity contribution in [3.8, 4) is 0 Å². The average Bonchev–Trinajstić information content (AvgIpc) is 3.19. The molecule has 0 aliphatic rings. The molecule has 17 heteroatoms. The summed E-state index contributed by atoms with van der Waals surface area (Å²) in [5, 5.41) is -2.74. The molecule has 0 aliphatic carbocycles. The minimum absolute atomic E-state index is 0. The molecular weight excluding hydrogens is 1170 g/mol. The van der Waals surface area contributed by atoms with Crippen molar-refractivity contribution < 1.29 is 64.1 Å². The Balaban J connectivity index is 0.00000168. The van der Waals surface area contributed by atoms with Crippen molar-refractivity contribution in [2.75, 3.05) is 26.4 Å². The molecule has 14 nitrogen and oxygen atoms in total. The van der Waals surface area contributed by atoms with E-state index in [1.165, 1.54) is 268 Å². The zero-order valence-corrected chi connectivity index (χ0v) is 58.8. The Morgan fingerprint density at radius 1 is 0.310 bits per heavy atom. The van der Waals surface area contributed by atoms with E-state index in [2.05, 4.69) is 13.8 Å². The molecule has 0 amide bonds. The third-order valence-corrected chi connectivity index (χ3v) is 18.3. The summed E-state index contributed by atoms with van der Waals surface area (Å²) in [4.78, 5) is 49.7. The van der Waals surface area contributed by atoms with Gasteiger partial charge in [-0.1, -0.05) is 308 Å². The number of carbonyl (C=O) groups is 4. The van der Waals surface area contributed by atoms with Gasteiger partial charge in [-0.05, 0) is 51.0 Å². The van der Waals surface area contributed by atoms with Gasteiger partial charge in [0.05, 0.1) is 46.0 Å². The number of rotatable bonds is 56. The first-order chi connectivity index (χ1) is 41.5. The van der Waals surface area contributed by atoms with Gasteiger partial charge in [0.25, 0.3) is 0 Å². The zero-order valence-electron chi connectivity index (χ0n) is 55.0. The maximum Gasteiger partial charge on any atom is 2.00 e. The van der Waals surface area contributed by atoms with Crippen LogP contribution in [0, 0.1) is 0 Å². The van der Waals surface area contributed by atoms with E-state index in [0.717, 1.165) is 52.4 Å². The number of unbranched alkanes of at least 4 members (excludes halogenated alkanes) is 42. The molecular formula is C70H118CaO14S2. The number of hydrogen-bond acceptors (Lipinski definition) is 14. The molecule has 87 heavy (non-hydrogen) atoms. The molecule has 0 aliphatic heterocycles. The monoisotopic (exact) mass is 1290 g/mol. The second-order valence-corrected chi connectivity index (χ2v) is 27.6. The minimum Gasteiger partial charge on any atom is -0.748 e. The number of esters is 4. The van der Waals surface area contributed by atoms with Crippen LogP contribution < -0.4 is 0 Å². The van der Waals surface area contributed by atoms with Crippen LogP contribution in [0.3, 0.4) is 0 Å². The molecule has 2 unspecified atom stereocenters. The van der Waals surface area contributed by atoms with Crippen LogP contribution >= 0.6 is 0 Å². The summed E-state index contributed by atoms with van der Waals surface area (Å²) in [6.45, 7) is 6.27. The summed E-state index contributed by atoms with van der Waals surface area (Å²) >= 11 is 0. The van der Waals surface area contributed by atoms with Crippen LogP contribution in [-0.4, -0.2) is 124 Å². The van der Waals surface area contributed by atoms with Gasteiger partial charge < -0.3 is 28.1 Å². The summed E-state index contributed by atoms with van der Waals surface area (Å²) in [7, 11) is -9.13. The summed E-state index contributed by atoms with van der Waals surface area (Å²) in [6.07, 6.45) is 57.9. The first-order valence-electron chi connectivity index (χ1n) is 34.3. The van der Waals surface area contributed by atoms with Crippen LogP contribution in [0.1, 0.15) is 352 Å². The molecule has 2 atom stereocenters. The summed E-state index contributed by atoms with van der Waals surface area (Å²) < 4.78 is 86.6. The van der Waals surface area contributed by atoms with E-state index in [4.69, 9.17) is 18.9 Å². The second kappa shape index (κ2) is 57.3. The van der Waals surface area contributed by atoms with E-state index in [1.807, 2.05) is 0 Å². The van der Waals surface area contributed by atoms with Crippen LogP contribution in [0.4, 0.5) is 0 Å². The van der Waals surface area contributed by atoms with E-state index in [9.17, 15) is 45.1 Å². The standard InChI is InChI=1S/2C35H60O7S.Ca/c2*1-3-4-5-6-7-8-9-10-11-12-13-14-15-16-17-18-19-20-21-22-23-26-29-41-34(36)32-27-24-25-28-33(32)35(37)42-30-31(2)43(38,39)40;/h2*24-25,27-28,31H,3-23,26,29-30H2,1-2H3,(H,38,39,40);/q;;+2/p-2. The van der Waals surface area contributed by atoms with Crippen LogP contribution in [0.15, 0.2) is 48.5 Å². The van der Waals surface area contributed by atoms with Crippen LogP contribution in [0.5, 0.6) is 0 Å². The molecule has 2 aromatic rings. The fourth-order valence-electron chi connectivity index (χ4n) is 10.3. The van der Waals surface area contributed by atoms with Crippen molar-refractivity contribution in [1.29, 1.82) is 0 Å². The molecule has 0 saturated carbocycles. The number of hydrogen-bond donors (Lipinski definition) is 0. The predicted octanol–water partition coefficient (Wildman–Crippen LogP) is 18.7. The van der Waals surface area contributed by atoms with Gasteiger partial charge in [-0.25, -0.2) is 36.0 Å². The topological polar surface area (TPSA) is 220 Å². The van der Waals surface area contributed by atoms with Crippen molar-refractivity contribution in [1.82, 2.24) is 0 Å². The van der Waals surface area contributed by atoms with Gasteiger partial charge in [-0.2, -0.15) is 0 Å². The SMILES string of the molecule is CCCCCCCCCCCCCCCCCCCCCCCCOC(=O)c1ccccc1C(=O)OCC(C)S(=O)(=O)[O-].CCCCCCCCCCCCCCCCCCCCCCCCOC(=O)c1ccccc1C(=O)OCC(C)S(=O)(=O)[O-].[Ca+2]. The second-order valence-electron chi connectivity index (χ2n) is 24.0. The van der Waals surface area contributed by atoms with Gasteiger partial charge >= 0.3 is 61.6 Å². The molecule has 0 bridgehead atoms. The van der Waals surface area contributed by atoms with Crippen molar-refractivity contribution in [2.45, 2.75) is 321 Å². The van der Waals surface area contributed by atoms with Gasteiger partial charge in [-0.15, -0.1) is 0 Å². The molecule has 0 N–H and O–H groups in total. The third kappa shape index (κ3) is 47.9. The molecule has 0 spiro atoms. The Labute approximate surface area is 559 Å². The average molecular weight is 1290 g/mol. The van der Waals surface area contributed by atoms with Crippen molar-refractivity contribution >= 4 is 81.9 Å². The van der Waals surface area contributed by atoms with E-state index in [0.29, 0.717) is 0 Å². The van der Waals surface area contributed by atoms with E-state index in [1.54, 1.807) is 24.3 Å². The summed E-state index contributed by atoms with van der Waals surface area (Å²) in [6, 6.07) is 12.1. The van der Waals surface area contributed by atoms with Gasteiger partial charge in [0.15, 0.2) is 0 Å². The van der Waals surface area contributed by atoms with Crippen molar-refractivity contribution in [3.05, 3.63) is 70.8 Å². The van der Waals surface area contributed by atoms with E-state index < -0.39 is 67.8 Å². The van der Waals surface area contributed by atoms with Gasteiger partial charge in [-0.3, -0.25) is 0 Å². The number of benzene rings is 2. The normalized spacial score (nSPS) is 12.1. The van der Waals surface area contributed by atoms with Crippen LogP contribution in [0.2, 0.25) is 0 Å². The molecule has 0 heterocycles. The molecule has 0 aromatic heterocycles. The first-order valence-corrected chi connectivity index (χ1v) is 37.2. The number of ether oxygens (including phenoxy) is 4. The Morgan fingerprint density at radius 2 is 0.471 bits per heavy atom. The largest absolute Gasteiger partial charge is 2.00 e. The molecule has 2 rings (SSSR count). The van der Waals surface area contributed by atoms with Crippen LogP contribution in [-0.2, 0) is 39.2 Å². The third-order valence-electron chi connectivity index (χ3n) is 16.1. The van der Waals surface area contributed by atoms with Gasteiger partial charge in [0.2, 0.25) is 0 Å². The Kier molecular flexibility index (Phi) is 55.6. The zero-order chi connectivity index (χ0) is 63.2. The van der Waals surface area contributed by atoms with E-state index >= 15 is 0 Å². The molecule has 0 fully saturated rings. The maximum atomic E-state index is 12.5. The predicted molar refractivity (Wildman–Crippen MR) is 353 cm³/mol. The Hall–Kier alpha value is -2.60. The molecule has 496 valence electrons. The smallest absolute Gasteiger partial charge is 0.748 e.